The Bertz CT molecular complexity index is 375. The number of hydrogen-bond acceptors (Lipinski definition) is 4. The van der Waals surface area contributed by atoms with Gasteiger partial charge in [0.2, 0.25) is 5.91 Å². The molecule has 1 fully saturated rings. The van der Waals surface area contributed by atoms with Crippen LogP contribution in [-0.2, 0) is 4.79 Å². The number of amides is 1. The minimum absolute atomic E-state index is 0.0244. The highest BCUT2D eigenvalue weighted by atomic mass is 16.5. The molecule has 16 heavy (non-hydrogen) atoms. The summed E-state index contributed by atoms with van der Waals surface area (Å²) in [6.07, 6.45) is 4.11. The zero-order valence-corrected chi connectivity index (χ0v) is 9.19. The third-order valence-corrected chi connectivity index (χ3v) is 2.69. The number of ether oxygens (including phenoxy) is 1. The van der Waals surface area contributed by atoms with E-state index in [0.29, 0.717) is 11.4 Å². The summed E-state index contributed by atoms with van der Waals surface area (Å²) >= 11 is 0. The van der Waals surface area contributed by atoms with Crippen LogP contribution in [0.4, 0.5) is 5.69 Å². The molecule has 0 spiro atoms. The van der Waals surface area contributed by atoms with Gasteiger partial charge in [0, 0.05) is 18.8 Å². The molecule has 1 atom stereocenters. The second-order valence-corrected chi connectivity index (χ2v) is 3.75. The molecule has 1 aliphatic heterocycles. The molecule has 1 aromatic rings. The summed E-state index contributed by atoms with van der Waals surface area (Å²) in [4.78, 5) is 15.8. The highest BCUT2D eigenvalue weighted by molar-refractivity contribution is 5.94. The van der Waals surface area contributed by atoms with Gasteiger partial charge in [0.1, 0.15) is 11.4 Å². The highest BCUT2D eigenvalue weighted by Gasteiger charge is 2.23. The maximum absolute atomic E-state index is 11.8. The summed E-state index contributed by atoms with van der Waals surface area (Å²) in [6, 6.07) is 1.72. The number of carbonyl (C=O) groups is 1. The minimum atomic E-state index is 0.0244. The Morgan fingerprint density at radius 3 is 3.25 bits per heavy atom. The average molecular weight is 221 g/mol. The molecule has 1 amide bonds. The third-order valence-electron chi connectivity index (χ3n) is 2.69. The van der Waals surface area contributed by atoms with Gasteiger partial charge in [0.05, 0.1) is 19.2 Å². The van der Waals surface area contributed by atoms with Crippen LogP contribution in [0.15, 0.2) is 18.5 Å². The number of pyridine rings is 1. The Hall–Kier alpha value is -1.62. The van der Waals surface area contributed by atoms with Crippen LogP contribution in [0, 0.1) is 5.92 Å². The van der Waals surface area contributed by atoms with Crippen LogP contribution in [-0.4, -0.2) is 31.1 Å². The van der Waals surface area contributed by atoms with Gasteiger partial charge in [-0.05, 0) is 13.0 Å². The first-order valence-corrected chi connectivity index (χ1v) is 5.31. The van der Waals surface area contributed by atoms with Crippen LogP contribution < -0.4 is 15.4 Å². The van der Waals surface area contributed by atoms with E-state index in [1.165, 1.54) is 0 Å². The maximum Gasteiger partial charge on any atom is 0.228 e. The Morgan fingerprint density at radius 1 is 1.69 bits per heavy atom. The largest absolute Gasteiger partial charge is 0.494 e. The summed E-state index contributed by atoms with van der Waals surface area (Å²) < 4.78 is 5.14. The van der Waals surface area contributed by atoms with Crippen LogP contribution >= 0.6 is 0 Å². The topological polar surface area (TPSA) is 63.2 Å². The van der Waals surface area contributed by atoms with E-state index in [1.807, 2.05) is 0 Å². The molecule has 2 rings (SSSR count). The number of aromatic nitrogens is 1. The second kappa shape index (κ2) is 4.94. The van der Waals surface area contributed by atoms with Crippen LogP contribution in [0.5, 0.6) is 5.75 Å². The van der Waals surface area contributed by atoms with E-state index >= 15 is 0 Å². The van der Waals surface area contributed by atoms with Crippen molar-refractivity contribution in [2.75, 3.05) is 25.5 Å². The van der Waals surface area contributed by atoms with Gasteiger partial charge in [-0.25, -0.2) is 0 Å². The number of hydrogen-bond donors (Lipinski definition) is 2. The zero-order chi connectivity index (χ0) is 11.4. The van der Waals surface area contributed by atoms with Crippen LogP contribution in [0.2, 0.25) is 0 Å². The number of anilines is 1. The first-order chi connectivity index (χ1) is 7.81. The van der Waals surface area contributed by atoms with Crippen molar-refractivity contribution < 1.29 is 9.53 Å². The SMILES string of the molecule is COc1ccncc1NC(=O)C1CCNC1. The van der Waals surface area contributed by atoms with Gasteiger partial charge in [0.25, 0.3) is 0 Å². The smallest absolute Gasteiger partial charge is 0.228 e. The zero-order valence-electron chi connectivity index (χ0n) is 9.19. The van der Waals surface area contributed by atoms with Gasteiger partial charge in [-0.1, -0.05) is 0 Å². The first-order valence-electron chi connectivity index (χ1n) is 5.31. The van der Waals surface area contributed by atoms with Crippen molar-refractivity contribution in [3.63, 3.8) is 0 Å². The number of nitrogens with one attached hydrogen (secondary N) is 2. The number of rotatable bonds is 3. The lowest BCUT2D eigenvalue weighted by Crippen LogP contribution is -2.24. The van der Waals surface area contributed by atoms with Gasteiger partial charge in [0.15, 0.2) is 0 Å². The fraction of sp³-hybridized carbons (Fsp3) is 0.455. The van der Waals surface area contributed by atoms with E-state index in [4.69, 9.17) is 4.74 Å². The number of carbonyl (C=O) groups excluding carboxylic acids is 1. The molecule has 0 aliphatic carbocycles. The molecule has 86 valence electrons. The molecule has 1 saturated heterocycles. The molecule has 1 aromatic heterocycles. The molecule has 2 heterocycles. The predicted molar refractivity (Wildman–Crippen MR) is 60.4 cm³/mol. The quantitative estimate of drug-likeness (QED) is 0.786. The molecule has 0 saturated carbocycles. The highest BCUT2D eigenvalue weighted by Crippen LogP contribution is 2.23. The molecule has 5 nitrogen and oxygen atoms in total. The van der Waals surface area contributed by atoms with E-state index in [-0.39, 0.29) is 11.8 Å². The monoisotopic (exact) mass is 221 g/mol. The van der Waals surface area contributed by atoms with E-state index in [9.17, 15) is 4.79 Å². The standard InChI is InChI=1S/C11H15N3O2/c1-16-10-3-5-13-7-9(10)14-11(15)8-2-4-12-6-8/h3,5,7-8,12H,2,4,6H2,1H3,(H,14,15). The first kappa shape index (κ1) is 10.9. The van der Waals surface area contributed by atoms with Crippen molar-refractivity contribution in [2.45, 2.75) is 6.42 Å². The molecular formula is C11H15N3O2. The van der Waals surface area contributed by atoms with Crippen molar-refractivity contribution in [2.24, 2.45) is 5.92 Å². The fourth-order valence-corrected chi connectivity index (χ4v) is 1.77. The summed E-state index contributed by atoms with van der Waals surface area (Å²) in [5, 5.41) is 6.00. The van der Waals surface area contributed by atoms with Crippen LogP contribution in [0.1, 0.15) is 6.42 Å². The Labute approximate surface area is 94.2 Å². The summed E-state index contributed by atoms with van der Waals surface area (Å²) in [6.45, 7) is 1.65. The van der Waals surface area contributed by atoms with Crippen molar-refractivity contribution in [1.82, 2.24) is 10.3 Å². The van der Waals surface area contributed by atoms with Crippen molar-refractivity contribution >= 4 is 11.6 Å². The lowest BCUT2D eigenvalue weighted by Gasteiger charge is -2.12. The van der Waals surface area contributed by atoms with E-state index in [2.05, 4.69) is 15.6 Å². The minimum Gasteiger partial charge on any atom is -0.494 e. The van der Waals surface area contributed by atoms with Gasteiger partial charge < -0.3 is 15.4 Å². The molecule has 0 radical (unpaired) electrons. The normalized spacial score (nSPS) is 19.4. The molecule has 1 aliphatic rings. The summed E-state index contributed by atoms with van der Waals surface area (Å²) in [5.74, 6) is 0.704. The lowest BCUT2D eigenvalue weighted by atomic mass is 10.1. The fourth-order valence-electron chi connectivity index (χ4n) is 1.77. The second-order valence-electron chi connectivity index (χ2n) is 3.75. The van der Waals surface area contributed by atoms with E-state index < -0.39 is 0 Å². The molecular weight excluding hydrogens is 206 g/mol. The Kier molecular flexibility index (Phi) is 3.36. The van der Waals surface area contributed by atoms with E-state index in [0.717, 1.165) is 19.5 Å². The van der Waals surface area contributed by atoms with Crippen molar-refractivity contribution in [1.29, 1.82) is 0 Å². The molecule has 0 aromatic carbocycles. The Morgan fingerprint density at radius 2 is 2.56 bits per heavy atom. The van der Waals surface area contributed by atoms with E-state index in [1.54, 1.807) is 25.6 Å². The van der Waals surface area contributed by atoms with Gasteiger partial charge in [-0.3, -0.25) is 9.78 Å². The summed E-state index contributed by atoms with van der Waals surface area (Å²) in [5.41, 5.74) is 0.627. The number of nitrogens with zero attached hydrogens (tertiary/aromatic N) is 1. The maximum atomic E-state index is 11.8. The summed E-state index contributed by atoms with van der Waals surface area (Å²) in [7, 11) is 1.57. The predicted octanol–water partition coefficient (Wildman–Crippen LogP) is 0.638. The van der Waals surface area contributed by atoms with Crippen LogP contribution in [0.3, 0.4) is 0 Å². The number of methoxy groups -OCH3 is 1. The van der Waals surface area contributed by atoms with Crippen molar-refractivity contribution in [3.8, 4) is 5.75 Å². The van der Waals surface area contributed by atoms with Gasteiger partial charge in [-0.15, -0.1) is 0 Å². The molecule has 1 unspecified atom stereocenters. The average Bonchev–Trinajstić information content (AvgIpc) is 2.83. The molecule has 0 bridgehead atoms. The van der Waals surface area contributed by atoms with Crippen LogP contribution in [0.25, 0.3) is 0 Å². The third kappa shape index (κ3) is 2.30. The van der Waals surface area contributed by atoms with Crippen molar-refractivity contribution in [3.05, 3.63) is 18.5 Å². The Balaban J connectivity index is 2.05. The molecule has 5 heteroatoms. The van der Waals surface area contributed by atoms with Gasteiger partial charge >= 0.3 is 0 Å². The molecule has 2 N–H and O–H groups in total. The lowest BCUT2D eigenvalue weighted by molar-refractivity contribution is -0.119. The van der Waals surface area contributed by atoms with Gasteiger partial charge in [-0.2, -0.15) is 0 Å².